The third-order valence-electron chi connectivity index (χ3n) is 8.86. The van der Waals surface area contributed by atoms with E-state index in [0.717, 1.165) is 36.4 Å². The van der Waals surface area contributed by atoms with Gasteiger partial charge in [0, 0.05) is 29.3 Å². The summed E-state index contributed by atoms with van der Waals surface area (Å²) in [5.41, 5.74) is 4.02. The summed E-state index contributed by atoms with van der Waals surface area (Å²) in [6.07, 6.45) is 9.83. The lowest BCUT2D eigenvalue weighted by molar-refractivity contribution is 0.0940. The number of carbonyl (C=O) groups excluding carboxylic acids is 1. The van der Waals surface area contributed by atoms with Crippen molar-refractivity contribution >= 4 is 11.6 Å². The number of methoxy groups -OCH3 is 1. The number of ether oxygens (including phenoxy) is 1. The smallest absolute Gasteiger partial charge is 0.251 e. The van der Waals surface area contributed by atoms with Crippen LogP contribution in [0, 0.1) is 0 Å². The van der Waals surface area contributed by atoms with E-state index < -0.39 is 0 Å². The largest absolute Gasteiger partial charge is 0.497 e. The zero-order chi connectivity index (χ0) is 29.8. The topological polar surface area (TPSA) is 74.4 Å². The van der Waals surface area contributed by atoms with Crippen LogP contribution in [0.15, 0.2) is 78.9 Å². The lowest BCUT2D eigenvalue weighted by Gasteiger charge is -2.49. The average molecular weight is 571 g/mol. The number of hydrogen-bond acceptors (Lipinski definition) is 5. The highest BCUT2D eigenvalue weighted by Gasteiger charge is 2.42. The van der Waals surface area contributed by atoms with Crippen molar-refractivity contribution in [2.75, 3.05) is 19.0 Å². The third kappa shape index (κ3) is 8.36. The molecule has 3 aromatic carbocycles. The number of benzene rings is 3. The fraction of sp³-hybridized carbons (Fsp3) is 0.472. The molecule has 1 heterocycles. The fourth-order valence-corrected chi connectivity index (χ4v) is 6.21. The van der Waals surface area contributed by atoms with Crippen LogP contribution in [0.2, 0.25) is 0 Å². The molecule has 4 unspecified atom stereocenters. The van der Waals surface area contributed by atoms with Gasteiger partial charge in [0.1, 0.15) is 12.0 Å². The maximum absolute atomic E-state index is 12.9. The third-order valence-corrected chi connectivity index (χ3v) is 8.86. The quantitative estimate of drug-likeness (QED) is 0.141. The van der Waals surface area contributed by atoms with E-state index in [1.165, 1.54) is 44.1 Å². The van der Waals surface area contributed by atoms with E-state index in [1.54, 1.807) is 7.11 Å². The zero-order valence-electron chi connectivity index (χ0n) is 25.9. The first-order chi connectivity index (χ1) is 20.5. The van der Waals surface area contributed by atoms with E-state index >= 15 is 0 Å². The predicted octanol–water partition coefficient (Wildman–Crippen LogP) is 7.76. The van der Waals surface area contributed by atoms with Gasteiger partial charge in [0.2, 0.25) is 0 Å². The second kappa shape index (κ2) is 15.8. The van der Waals surface area contributed by atoms with Crippen LogP contribution in [-0.4, -0.2) is 31.4 Å². The van der Waals surface area contributed by atoms with Crippen LogP contribution in [-0.2, 0) is 0 Å². The van der Waals surface area contributed by atoms with Crippen LogP contribution >= 0.6 is 0 Å². The Bertz CT molecular complexity index is 1220. The van der Waals surface area contributed by atoms with Gasteiger partial charge in [-0.05, 0) is 67.3 Å². The Morgan fingerprint density at radius 2 is 1.62 bits per heavy atom. The van der Waals surface area contributed by atoms with Gasteiger partial charge in [-0.25, -0.2) is 0 Å². The van der Waals surface area contributed by atoms with Gasteiger partial charge in [-0.1, -0.05) is 94.8 Å². The average Bonchev–Trinajstić information content (AvgIpc) is 3.03. The van der Waals surface area contributed by atoms with E-state index in [4.69, 9.17) is 4.74 Å². The van der Waals surface area contributed by atoms with Gasteiger partial charge in [-0.3, -0.25) is 15.4 Å². The summed E-state index contributed by atoms with van der Waals surface area (Å²) < 4.78 is 5.43. The van der Waals surface area contributed by atoms with Crippen molar-refractivity contribution in [3.05, 3.63) is 95.6 Å². The second-order valence-electron chi connectivity index (χ2n) is 11.7. The lowest BCUT2D eigenvalue weighted by atomic mass is 9.72. The van der Waals surface area contributed by atoms with Gasteiger partial charge in [0.15, 0.2) is 0 Å². The van der Waals surface area contributed by atoms with Crippen LogP contribution in [0.25, 0.3) is 0 Å². The van der Waals surface area contributed by atoms with Gasteiger partial charge in [0.25, 0.3) is 5.91 Å². The minimum Gasteiger partial charge on any atom is -0.497 e. The van der Waals surface area contributed by atoms with Crippen molar-refractivity contribution in [3.63, 3.8) is 0 Å². The van der Waals surface area contributed by atoms with E-state index in [0.29, 0.717) is 11.5 Å². The number of carbonyl (C=O) groups is 1. The molecule has 1 aliphatic rings. The molecule has 6 heteroatoms. The first kappa shape index (κ1) is 31.6. The minimum absolute atomic E-state index is 0.0321. The van der Waals surface area contributed by atoms with Crippen molar-refractivity contribution in [2.24, 2.45) is 0 Å². The molecule has 3 aromatic rings. The molecule has 0 aromatic heterocycles. The Morgan fingerprint density at radius 1 is 0.929 bits per heavy atom. The molecule has 226 valence electrons. The first-order valence-electron chi connectivity index (χ1n) is 15.9. The molecule has 6 nitrogen and oxygen atoms in total. The Balaban J connectivity index is 1.41. The number of anilines is 1. The Kier molecular flexibility index (Phi) is 11.8. The summed E-state index contributed by atoms with van der Waals surface area (Å²) in [7, 11) is 1.72. The number of nitrogens with one attached hydrogen (secondary N) is 4. The SMILES string of the molecule is CCCCCCCCC1(CC)NC(Nc2ccc(C(=O)NC(C)c3ccccc3)cc2)NCC1c1ccc(OC)cc1. The number of rotatable bonds is 15. The summed E-state index contributed by atoms with van der Waals surface area (Å²) in [6.45, 7) is 7.46. The molecule has 4 atom stereocenters. The maximum Gasteiger partial charge on any atom is 0.251 e. The molecule has 4 N–H and O–H groups in total. The fourth-order valence-electron chi connectivity index (χ4n) is 6.21. The van der Waals surface area contributed by atoms with Crippen LogP contribution in [0.3, 0.4) is 0 Å². The minimum atomic E-state index is -0.0719. The summed E-state index contributed by atoms with van der Waals surface area (Å²) >= 11 is 0. The Morgan fingerprint density at radius 3 is 2.29 bits per heavy atom. The molecule has 0 aliphatic carbocycles. The van der Waals surface area contributed by atoms with Crippen molar-refractivity contribution in [3.8, 4) is 5.75 Å². The van der Waals surface area contributed by atoms with Crippen LogP contribution < -0.4 is 26.0 Å². The summed E-state index contributed by atoms with van der Waals surface area (Å²) in [5.74, 6) is 1.16. The molecular formula is C36H50N4O2. The molecule has 0 saturated carbocycles. The van der Waals surface area contributed by atoms with Crippen LogP contribution in [0.1, 0.15) is 106 Å². The van der Waals surface area contributed by atoms with Crippen molar-refractivity contribution in [2.45, 2.75) is 95.9 Å². The highest BCUT2D eigenvalue weighted by molar-refractivity contribution is 5.94. The van der Waals surface area contributed by atoms with Gasteiger partial charge >= 0.3 is 0 Å². The van der Waals surface area contributed by atoms with E-state index in [9.17, 15) is 4.79 Å². The second-order valence-corrected chi connectivity index (χ2v) is 11.7. The standard InChI is InChI=1S/C36H50N4O2/c1-5-7-8-9-10-14-25-36(6-2)33(29-19-23-32(42-4)24-20-29)26-37-35(40-36)39-31-21-17-30(18-22-31)34(41)38-27(3)28-15-12-11-13-16-28/h11-13,15-24,27,33,35,37,39-40H,5-10,14,25-26H2,1-4H3,(H,38,41). The summed E-state index contributed by atoms with van der Waals surface area (Å²) in [4.78, 5) is 12.9. The molecule has 0 bridgehead atoms. The van der Waals surface area contributed by atoms with E-state index in [-0.39, 0.29) is 23.8 Å². The summed E-state index contributed by atoms with van der Waals surface area (Å²) in [6, 6.07) is 26.3. The van der Waals surface area contributed by atoms with Crippen molar-refractivity contribution in [1.82, 2.24) is 16.0 Å². The molecule has 1 amide bonds. The monoisotopic (exact) mass is 570 g/mol. The zero-order valence-corrected chi connectivity index (χ0v) is 25.9. The molecule has 0 radical (unpaired) electrons. The molecule has 0 spiro atoms. The molecule has 1 aliphatic heterocycles. The normalized spacial score (nSPS) is 21.0. The van der Waals surface area contributed by atoms with E-state index in [2.05, 4.69) is 59.4 Å². The van der Waals surface area contributed by atoms with Crippen LogP contribution in [0.4, 0.5) is 5.69 Å². The predicted molar refractivity (Wildman–Crippen MR) is 174 cm³/mol. The first-order valence-corrected chi connectivity index (χ1v) is 15.9. The van der Waals surface area contributed by atoms with Gasteiger partial charge in [-0.2, -0.15) is 0 Å². The molecule has 1 fully saturated rings. The van der Waals surface area contributed by atoms with Gasteiger partial charge in [0.05, 0.1) is 13.2 Å². The van der Waals surface area contributed by atoms with Crippen molar-refractivity contribution in [1.29, 1.82) is 0 Å². The molecule has 42 heavy (non-hydrogen) atoms. The summed E-state index contributed by atoms with van der Waals surface area (Å²) in [5, 5.41) is 14.4. The van der Waals surface area contributed by atoms with E-state index in [1.807, 2.05) is 61.5 Å². The Hall–Kier alpha value is -3.35. The molecular weight excluding hydrogens is 520 g/mol. The van der Waals surface area contributed by atoms with Crippen LogP contribution in [0.5, 0.6) is 5.75 Å². The highest BCUT2D eigenvalue weighted by atomic mass is 16.5. The number of unbranched alkanes of at least 4 members (excludes halogenated alkanes) is 5. The molecule has 4 rings (SSSR count). The number of hydrogen-bond donors (Lipinski definition) is 4. The van der Waals surface area contributed by atoms with Gasteiger partial charge < -0.3 is 15.4 Å². The molecule has 1 saturated heterocycles. The van der Waals surface area contributed by atoms with Crippen molar-refractivity contribution < 1.29 is 9.53 Å². The van der Waals surface area contributed by atoms with Gasteiger partial charge in [-0.15, -0.1) is 0 Å². The highest BCUT2D eigenvalue weighted by Crippen LogP contribution is 2.38. The number of amides is 1. The lowest BCUT2D eigenvalue weighted by Crippen LogP contribution is -2.67. The Labute approximate surface area is 253 Å². The maximum atomic E-state index is 12.9.